The number of alkyl halides is 1. The minimum Gasteiger partial charge on any atom is -0.480 e. The molecule has 13 heteroatoms. The van der Waals surface area contributed by atoms with Gasteiger partial charge in [0.2, 0.25) is 0 Å². The highest BCUT2D eigenvalue weighted by Crippen LogP contribution is 2.37. The summed E-state index contributed by atoms with van der Waals surface area (Å²) in [5, 5.41) is 14.4. The highest BCUT2D eigenvalue weighted by Gasteiger charge is 2.38. The first kappa shape index (κ1) is 26.1. The Bertz CT molecular complexity index is 1190. The fraction of sp³-hybridized carbons (Fsp3) is 0.391. The number of amidine groups is 1. The van der Waals surface area contributed by atoms with Gasteiger partial charge in [0, 0.05) is 47.5 Å². The van der Waals surface area contributed by atoms with Gasteiger partial charge in [0.15, 0.2) is 10.8 Å². The molecule has 1 fully saturated rings. The van der Waals surface area contributed by atoms with E-state index < -0.39 is 42.7 Å². The molecule has 2 aromatic rings. The van der Waals surface area contributed by atoms with E-state index in [1.54, 1.807) is 23.4 Å². The molecule has 1 aromatic carbocycles. The molecular formula is C23H23ClF2N4O5S. The molecule has 0 bridgehead atoms. The Hall–Kier alpha value is -2.93. The smallest absolute Gasteiger partial charge is 0.338 e. The minimum atomic E-state index is -1.41. The zero-order chi connectivity index (χ0) is 25.8. The van der Waals surface area contributed by atoms with Gasteiger partial charge < -0.3 is 19.9 Å². The second-order valence-corrected chi connectivity index (χ2v) is 9.38. The lowest BCUT2D eigenvalue weighted by Crippen LogP contribution is -2.39. The van der Waals surface area contributed by atoms with Gasteiger partial charge in [-0.05, 0) is 19.1 Å². The number of esters is 1. The first-order valence-electron chi connectivity index (χ1n) is 11.1. The summed E-state index contributed by atoms with van der Waals surface area (Å²) in [6.45, 7) is 1.32. The van der Waals surface area contributed by atoms with Crippen LogP contribution in [0.15, 0.2) is 46.0 Å². The van der Waals surface area contributed by atoms with Crippen molar-refractivity contribution in [3.8, 4) is 0 Å². The van der Waals surface area contributed by atoms with Crippen molar-refractivity contribution in [2.24, 2.45) is 4.99 Å². The molecule has 9 nitrogen and oxygen atoms in total. The summed E-state index contributed by atoms with van der Waals surface area (Å²) in [5.41, 5.74) is 0.933. The maximum Gasteiger partial charge on any atom is 0.338 e. The Labute approximate surface area is 214 Å². The standard InChI is InChI=1S/C23H23ClF2N4O5S/c1-2-34-23(33)19-16(9-30-8-15(26)17(10-30)35-11-18(31)32)28-21(22-27-5-6-36-22)29-20(19)13-4-3-12(25)7-14(13)24/h3-7,15,17,20H,2,8-11H2,1H3,(H,28,29)(H,31,32)/t15-,17+,20-/m0/s1. The van der Waals surface area contributed by atoms with E-state index >= 15 is 0 Å². The SMILES string of the molecule is CCOC(=O)C1=C(CN2C[C@H](F)[C@H](OCC(=O)O)C2)NC(c2nccs2)=N[C@H]1c1ccc(F)cc1Cl. The van der Waals surface area contributed by atoms with Gasteiger partial charge in [-0.1, -0.05) is 17.7 Å². The van der Waals surface area contributed by atoms with Crippen molar-refractivity contribution in [3.05, 3.63) is 62.5 Å². The zero-order valence-electron chi connectivity index (χ0n) is 19.1. The molecule has 4 rings (SSSR count). The third-order valence-corrected chi connectivity index (χ3v) is 6.70. The molecular weight excluding hydrogens is 518 g/mol. The minimum absolute atomic E-state index is 0.0305. The summed E-state index contributed by atoms with van der Waals surface area (Å²) in [6.07, 6.45) is -0.729. The lowest BCUT2D eigenvalue weighted by Gasteiger charge is -2.29. The van der Waals surface area contributed by atoms with Crippen molar-refractivity contribution in [3.63, 3.8) is 0 Å². The van der Waals surface area contributed by atoms with E-state index in [1.165, 1.54) is 23.5 Å². The molecule has 0 spiro atoms. The Balaban J connectivity index is 1.72. The summed E-state index contributed by atoms with van der Waals surface area (Å²) in [4.78, 5) is 34.6. The number of halogens is 3. The number of carboxylic acid groups (broad SMARTS) is 1. The van der Waals surface area contributed by atoms with E-state index in [-0.39, 0.29) is 36.8 Å². The number of hydrogen-bond donors (Lipinski definition) is 2. The van der Waals surface area contributed by atoms with Crippen LogP contribution in [-0.4, -0.2) is 77.9 Å². The number of likely N-dealkylation sites (tertiary alicyclic amines) is 1. The van der Waals surface area contributed by atoms with Crippen LogP contribution in [0.5, 0.6) is 0 Å². The molecule has 36 heavy (non-hydrogen) atoms. The second kappa shape index (κ2) is 11.4. The fourth-order valence-electron chi connectivity index (χ4n) is 4.06. The molecule has 2 aliphatic rings. The average molecular weight is 541 g/mol. The number of benzene rings is 1. The monoisotopic (exact) mass is 540 g/mol. The van der Waals surface area contributed by atoms with Gasteiger partial charge in [-0.2, -0.15) is 0 Å². The van der Waals surface area contributed by atoms with Crippen LogP contribution in [0, 0.1) is 5.82 Å². The first-order valence-corrected chi connectivity index (χ1v) is 12.3. The predicted molar refractivity (Wildman–Crippen MR) is 128 cm³/mol. The quantitative estimate of drug-likeness (QED) is 0.467. The lowest BCUT2D eigenvalue weighted by atomic mass is 9.95. The number of carboxylic acids is 1. The fourth-order valence-corrected chi connectivity index (χ4v) is 4.92. The Morgan fingerprint density at radius 2 is 2.17 bits per heavy atom. The Morgan fingerprint density at radius 3 is 2.83 bits per heavy atom. The first-order chi connectivity index (χ1) is 17.3. The van der Waals surface area contributed by atoms with Crippen LogP contribution in [-0.2, 0) is 19.1 Å². The number of hydrogen-bond acceptors (Lipinski definition) is 9. The molecule has 2 aliphatic heterocycles. The molecule has 3 atom stereocenters. The number of thiazole rings is 1. The number of nitrogens with one attached hydrogen (secondary N) is 1. The maximum atomic E-state index is 14.6. The van der Waals surface area contributed by atoms with Crippen molar-refractivity contribution >= 4 is 40.7 Å². The molecule has 0 radical (unpaired) electrons. The van der Waals surface area contributed by atoms with Gasteiger partial charge in [0.05, 0.1) is 12.2 Å². The van der Waals surface area contributed by atoms with Crippen LogP contribution in [0.4, 0.5) is 8.78 Å². The summed E-state index contributed by atoms with van der Waals surface area (Å²) in [6, 6.07) is 2.88. The van der Waals surface area contributed by atoms with E-state index in [0.717, 1.165) is 6.07 Å². The van der Waals surface area contributed by atoms with Crippen LogP contribution in [0.25, 0.3) is 0 Å². The number of carbonyl (C=O) groups is 2. The summed E-state index contributed by atoms with van der Waals surface area (Å²) < 4.78 is 38.9. The van der Waals surface area contributed by atoms with Crippen molar-refractivity contribution in [2.75, 3.05) is 32.8 Å². The summed E-state index contributed by atoms with van der Waals surface area (Å²) >= 11 is 7.68. The molecule has 0 saturated carbocycles. The number of aromatic nitrogens is 1. The molecule has 0 amide bonds. The molecule has 1 aromatic heterocycles. The molecule has 3 heterocycles. The van der Waals surface area contributed by atoms with Gasteiger partial charge in [-0.15, -0.1) is 11.3 Å². The number of aliphatic imine (C=N–C) groups is 1. The third-order valence-electron chi connectivity index (χ3n) is 5.59. The second-order valence-electron chi connectivity index (χ2n) is 8.07. The number of aliphatic carboxylic acids is 1. The normalized spacial score (nSPS) is 22.3. The lowest BCUT2D eigenvalue weighted by molar-refractivity contribution is -0.145. The zero-order valence-corrected chi connectivity index (χ0v) is 20.7. The van der Waals surface area contributed by atoms with Crippen molar-refractivity contribution in [1.82, 2.24) is 15.2 Å². The van der Waals surface area contributed by atoms with Crippen LogP contribution in [0.2, 0.25) is 5.02 Å². The number of rotatable bonds is 9. The van der Waals surface area contributed by atoms with Gasteiger partial charge in [0.1, 0.15) is 30.7 Å². The number of nitrogens with zero attached hydrogens (tertiary/aromatic N) is 3. The van der Waals surface area contributed by atoms with Crippen molar-refractivity contribution in [2.45, 2.75) is 25.2 Å². The number of carbonyl (C=O) groups excluding carboxylic acids is 1. The molecule has 0 unspecified atom stereocenters. The average Bonchev–Trinajstić information content (AvgIpc) is 3.47. The van der Waals surface area contributed by atoms with Crippen molar-refractivity contribution in [1.29, 1.82) is 0 Å². The molecule has 2 N–H and O–H groups in total. The van der Waals surface area contributed by atoms with E-state index in [4.69, 9.17) is 26.2 Å². The molecule has 192 valence electrons. The van der Waals surface area contributed by atoms with E-state index in [1.807, 2.05) is 0 Å². The third kappa shape index (κ3) is 5.89. The largest absolute Gasteiger partial charge is 0.480 e. The van der Waals surface area contributed by atoms with Gasteiger partial charge >= 0.3 is 11.9 Å². The van der Waals surface area contributed by atoms with Crippen LogP contribution in [0.3, 0.4) is 0 Å². The van der Waals surface area contributed by atoms with E-state index in [2.05, 4.69) is 15.3 Å². The highest BCUT2D eigenvalue weighted by atomic mass is 35.5. The van der Waals surface area contributed by atoms with Crippen LogP contribution < -0.4 is 5.32 Å². The van der Waals surface area contributed by atoms with E-state index in [9.17, 15) is 18.4 Å². The van der Waals surface area contributed by atoms with Crippen LogP contribution >= 0.6 is 22.9 Å². The highest BCUT2D eigenvalue weighted by molar-refractivity contribution is 7.11. The molecule has 1 saturated heterocycles. The van der Waals surface area contributed by atoms with Crippen LogP contribution in [0.1, 0.15) is 23.5 Å². The van der Waals surface area contributed by atoms with Crippen molar-refractivity contribution < 1.29 is 33.0 Å². The number of ether oxygens (including phenoxy) is 2. The van der Waals surface area contributed by atoms with E-state index in [0.29, 0.717) is 22.1 Å². The van der Waals surface area contributed by atoms with Gasteiger partial charge in [-0.25, -0.2) is 23.4 Å². The van der Waals surface area contributed by atoms with Gasteiger partial charge in [-0.3, -0.25) is 9.89 Å². The maximum absolute atomic E-state index is 14.6. The Morgan fingerprint density at radius 1 is 1.36 bits per heavy atom. The predicted octanol–water partition coefficient (Wildman–Crippen LogP) is 2.97. The topological polar surface area (TPSA) is 113 Å². The van der Waals surface area contributed by atoms with Gasteiger partial charge in [0.25, 0.3) is 0 Å². The summed E-state index contributed by atoms with van der Waals surface area (Å²) in [7, 11) is 0. The summed E-state index contributed by atoms with van der Waals surface area (Å²) in [5.74, 6) is -2.01. The molecule has 0 aliphatic carbocycles. The Kier molecular flexibility index (Phi) is 8.29.